The molecule has 1 nitrogen and oxygen atoms in total. The zero-order valence-electron chi connectivity index (χ0n) is 10.4. The summed E-state index contributed by atoms with van der Waals surface area (Å²) in [5, 5.41) is 0. The average molecular weight is 199 g/mol. The molecule has 0 aliphatic carbocycles. The Bertz CT molecular complexity index is 99.4. The van der Waals surface area contributed by atoms with E-state index in [9.17, 15) is 0 Å². The number of unbranched alkanes of at least 4 members (excludes halogenated alkanes) is 3. The fraction of sp³-hybridized carbons (Fsp3) is 0.846. The Morgan fingerprint density at radius 2 is 1.50 bits per heavy atom. The van der Waals surface area contributed by atoms with E-state index in [0.717, 1.165) is 0 Å². The number of hydrogen-bond donors (Lipinski definition) is 1. The van der Waals surface area contributed by atoms with Crippen LogP contribution in [0.2, 0.25) is 0 Å². The van der Waals surface area contributed by atoms with Gasteiger partial charge < -0.3 is 5.73 Å². The van der Waals surface area contributed by atoms with Crippen molar-refractivity contribution in [1.82, 2.24) is 0 Å². The number of allylic oxidation sites excluding steroid dienone is 1. The Morgan fingerprint density at radius 3 is 1.93 bits per heavy atom. The summed E-state index contributed by atoms with van der Waals surface area (Å²) in [5.74, 6) is 0. The van der Waals surface area contributed by atoms with Crippen LogP contribution in [0.25, 0.3) is 0 Å². The second kappa shape index (κ2) is 15.2. The number of nitrogens with two attached hydrogens (primary N) is 1. The quantitative estimate of drug-likeness (QED) is 0.481. The van der Waals surface area contributed by atoms with Crippen molar-refractivity contribution in [3.05, 3.63) is 12.7 Å². The zero-order chi connectivity index (χ0) is 11.2. The van der Waals surface area contributed by atoms with Crippen molar-refractivity contribution in [2.24, 2.45) is 5.73 Å². The summed E-state index contributed by atoms with van der Waals surface area (Å²) in [6.07, 6.45) is 10.8. The van der Waals surface area contributed by atoms with Gasteiger partial charge in [0, 0.05) is 6.04 Å². The van der Waals surface area contributed by atoms with E-state index in [1.807, 2.05) is 6.92 Å². The summed E-state index contributed by atoms with van der Waals surface area (Å²) >= 11 is 0. The Labute approximate surface area is 90.8 Å². The molecular weight excluding hydrogens is 170 g/mol. The minimum atomic E-state index is 0.474. The lowest BCUT2D eigenvalue weighted by atomic mass is 10.0. The van der Waals surface area contributed by atoms with Gasteiger partial charge in [0.2, 0.25) is 0 Å². The molecule has 0 heterocycles. The third kappa shape index (κ3) is 17.7. The predicted molar refractivity (Wildman–Crippen MR) is 67.5 cm³/mol. The van der Waals surface area contributed by atoms with Gasteiger partial charge in [0.15, 0.2) is 0 Å². The molecular formula is C13H29N. The Morgan fingerprint density at radius 1 is 1.07 bits per heavy atom. The van der Waals surface area contributed by atoms with Gasteiger partial charge in [-0.2, -0.15) is 0 Å². The zero-order valence-corrected chi connectivity index (χ0v) is 10.4. The molecule has 0 amide bonds. The van der Waals surface area contributed by atoms with Gasteiger partial charge in [-0.15, -0.1) is 6.58 Å². The van der Waals surface area contributed by atoms with Gasteiger partial charge in [0.1, 0.15) is 0 Å². The molecule has 14 heavy (non-hydrogen) atoms. The first kappa shape index (κ1) is 16.1. The third-order valence-corrected chi connectivity index (χ3v) is 2.11. The molecule has 86 valence electrons. The van der Waals surface area contributed by atoms with Crippen LogP contribution < -0.4 is 5.73 Å². The second-order valence-corrected chi connectivity index (χ2v) is 3.81. The fourth-order valence-corrected chi connectivity index (χ4v) is 1.27. The summed E-state index contributed by atoms with van der Waals surface area (Å²) in [6, 6.07) is 0.474. The normalized spacial score (nSPS) is 11.4. The SMILES string of the molecule is C=CC.CCCCCC(N)CCCC. The molecule has 0 radical (unpaired) electrons. The maximum absolute atomic E-state index is 5.90. The van der Waals surface area contributed by atoms with Crippen LogP contribution in [0.1, 0.15) is 65.7 Å². The first-order valence-electron chi connectivity index (χ1n) is 6.05. The van der Waals surface area contributed by atoms with Crippen LogP contribution in [0.15, 0.2) is 12.7 Å². The molecule has 0 aromatic carbocycles. The fourth-order valence-electron chi connectivity index (χ4n) is 1.27. The first-order valence-corrected chi connectivity index (χ1v) is 6.05. The van der Waals surface area contributed by atoms with E-state index in [-0.39, 0.29) is 0 Å². The number of hydrogen-bond acceptors (Lipinski definition) is 1. The van der Waals surface area contributed by atoms with E-state index in [2.05, 4.69) is 20.4 Å². The highest BCUT2D eigenvalue weighted by atomic mass is 14.6. The van der Waals surface area contributed by atoms with Crippen LogP contribution in [0, 0.1) is 0 Å². The highest BCUT2D eigenvalue weighted by molar-refractivity contribution is 4.60. The molecule has 0 saturated heterocycles. The highest BCUT2D eigenvalue weighted by Gasteiger charge is 1.99. The van der Waals surface area contributed by atoms with Crippen LogP contribution in [0.5, 0.6) is 0 Å². The van der Waals surface area contributed by atoms with Gasteiger partial charge in [-0.25, -0.2) is 0 Å². The van der Waals surface area contributed by atoms with Crippen LogP contribution in [0.3, 0.4) is 0 Å². The summed E-state index contributed by atoms with van der Waals surface area (Å²) in [5.41, 5.74) is 5.90. The Kier molecular flexibility index (Phi) is 17.5. The molecule has 0 aliphatic rings. The molecule has 0 aromatic rings. The average Bonchev–Trinajstić information content (AvgIpc) is 2.16. The third-order valence-electron chi connectivity index (χ3n) is 2.11. The minimum Gasteiger partial charge on any atom is -0.328 e. The van der Waals surface area contributed by atoms with Crippen molar-refractivity contribution in [2.45, 2.75) is 71.8 Å². The predicted octanol–water partition coefficient (Wildman–Crippen LogP) is 4.28. The maximum Gasteiger partial charge on any atom is 0.00388 e. The lowest BCUT2D eigenvalue weighted by Crippen LogP contribution is -2.19. The van der Waals surface area contributed by atoms with Crippen molar-refractivity contribution in [3.8, 4) is 0 Å². The Balaban J connectivity index is 0. The maximum atomic E-state index is 5.90. The van der Waals surface area contributed by atoms with Crippen molar-refractivity contribution < 1.29 is 0 Å². The molecule has 0 aliphatic heterocycles. The van der Waals surface area contributed by atoms with Crippen molar-refractivity contribution >= 4 is 0 Å². The van der Waals surface area contributed by atoms with Gasteiger partial charge in [0.05, 0.1) is 0 Å². The van der Waals surface area contributed by atoms with E-state index >= 15 is 0 Å². The van der Waals surface area contributed by atoms with E-state index in [4.69, 9.17) is 5.73 Å². The molecule has 1 unspecified atom stereocenters. The smallest absolute Gasteiger partial charge is 0.00388 e. The second-order valence-electron chi connectivity index (χ2n) is 3.81. The standard InChI is InChI=1S/C10H23N.C3H6/c1-3-5-7-9-10(11)8-6-4-2;1-3-2/h10H,3-9,11H2,1-2H3;3H,1H2,2H3. The molecule has 0 saturated carbocycles. The monoisotopic (exact) mass is 199 g/mol. The van der Waals surface area contributed by atoms with Crippen molar-refractivity contribution in [3.63, 3.8) is 0 Å². The lowest BCUT2D eigenvalue weighted by molar-refractivity contribution is 0.510. The van der Waals surface area contributed by atoms with Crippen LogP contribution >= 0.6 is 0 Å². The van der Waals surface area contributed by atoms with Crippen molar-refractivity contribution in [2.75, 3.05) is 0 Å². The van der Waals surface area contributed by atoms with Gasteiger partial charge in [-0.3, -0.25) is 0 Å². The van der Waals surface area contributed by atoms with Gasteiger partial charge >= 0.3 is 0 Å². The van der Waals surface area contributed by atoms with Crippen LogP contribution in [0.4, 0.5) is 0 Å². The highest BCUT2D eigenvalue weighted by Crippen LogP contribution is 2.07. The van der Waals surface area contributed by atoms with Crippen LogP contribution in [-0.2, 0) is 0 Å². The molecule has 0 spiro atoms. The molecule has 0 aromatic heterocycles. The van der Waals surface area contributed by atoms with E-state index < -0.39 is 0 Å². The van der Waals surface area contributed by atoms with Crippen LogP contribution in [-0.4, -0.2) is 6.04 Å². The largest absolute Gasteiger partial charge is 0.328 e. The van der Waals surface area contributed by atoms with Gasteiger partial charge in [-0.1, -0.05) is 52.0 Å². The summed E-state index contributed by atoms with van der Waals surface area (Å²) < 4.78 is 0. The molecule has 0 bridgehead atoms. The molecule has 2 N–H and O–H groups in total. The summed E-state index contributed by atoms with van der Waals surface area (Å²) in [6.45, 7) is 9.70. The Hall–Kier alpha value is -0.300. The minimum absolute atomic E-state index is 0.474. The van der Waals surface area contributed by atoms with Crippen molar-refractivity contribution in [1.29, 1.82) is 0 Å². The van der Waals surface area contributed by atoms with Gasteiger partial charge in [0.25, 0.3) is 0 Å². The topological polar surface area (TPSA) is 26.0 Å². The summed E-state index contributed by atoms with van der Waals surface area (Å²) in [4.78, 5) is 0. The van der Waals surface area contributed by atoms with E-state index in [0.29, 0.717) is 6.04 Å². The van der Waals surface area contributed by atoms with E-state index in [1.165, 1.54) is 44.9 Å². The van der Waals surface area contributed by atoms with Gasteiger partial charge in [-0.05, 0) is 19.8 Å². The molecule has 1 atom stereocenters. The lowest BCUT2D eigenvalue weighted by Gasteiger charge is -2.09. The molecule has 1 heteroatoms. The van der Waals surface area contributed by atoms with E-state index in [1.54, 1.807) is 6.08 Å². The first-order chi connectivity index (χ1) is 6.72. The molecule has 0 rings (SSSR count). The number of rotatable bonds is 7. The molecule has 0 fully saturated rings. The summed E-state index contributed by atoms with van der Waals surface area (Å²) in [7, 11) is 0.